The van der Waals surface area contributed by atoms with Crippen LogP contribution in [0.4, 0.5) is 8.78 Å². The lowest BCUT2D eigenvalue weighted by molar-refractivity contribution is 0.295. The minimum atomic E-state index is -1.75. The summed E-state index contributed by atoms with van der Waals surface area (Å²) in [5.41, 5.74) is 6.24. The number of nitrogens with one attached hydrogen (secondary N) is 1. The van der Waals surface area contributed by atoms with Gasteiger partial charge in [0.1, 0.15) is 0 Å². The number of halogens is 3. The lowest BCUT2D eigenvalue weighted by Gasteiger charge is -2.20. The highest BCUT2D eigenvalue weighted by molar-refractivity contribution is 9.10. The molecule has 0 aliphatic heterocycles. The Balaban J connectivity index is 0.000000921. The zero-order valence-electron chi connectivity index (χ0n) is 16.8. The number of hydrogen-bond donors (Lipinski definition) is 1. The van der Waals surface area contributed by atoms with Crippen molar-refractivity contribution in [3.8, 4) is 0 Å². The Morgan fingerprint density at radius 3 is 2.54 bits per heavy atom. The van der Waals surface area contributed by atoms with E-state index in [1.54, 1.807) is 0 Å². The second-order valence-corrected chi connectivity index (χ2v) is 9.61. The lowest BCUT2D eigenvalue weighted by atomic mass is 9.97. The molecule has 0 radical (unpaired) electrons. The number of nitrogens with zero attached hydrogens (tertiary/aromatic N) is 2. The zero-order valence-corrected chi connectivity index (χ0v) is 20.2. The topological polar surface area (TPSA) is 29.4 Å². The molecule has 9 heteroatoms. The fourth-order valence-electron chi connectivity index (χ4n) is 2.64. The van der Waals surface area contributed by atoms with E-state index in [1.165, 1.54) is 41.5 Å². The van der Waals surface area contributed by atoms with Gasteiger partial charge in [0.15, 0.2) is 0 Å². The van der Waals surface area contributed by atoms with E-state index in [1.807, 2.05) is 11.5 Å². The van der Waals surface area contributed by atoms with E-state index < -0.39 is 6.93 Å². The summed E-state index contributed by atoms with van der Waals surface area (Å²) in [5, 5.41) is 1.30. The van der Waals surface area contributed by atoms with Crippen molar-refractivity contribution in [2.75, 3.05) is 14.0 Å². The maximum atomic E-state index is 9.62. The van der Waals surface area contributed by atoms with Crippen molar-refractivity contribution < 1.29 is 13.0 Å². The number of hydrogen-bond acceptors (Lipinski definition) is 4. The van der Waals surface area contributed by atoms with Crippen molar-refractivity contribution in [3.05, 3.63) is 34.4 Å². The largest absolute Gasteiger partial charge is 0.347 e. The highest BCUT2D eigenvalue weighted by Gasteiger charge is 2.23. The minimum Gasteiger partial charge on any atom is -0.347 e. The van der Waals surface area contributed by atoms with Gasteiger partial charge in [0, 0.05) is 41.7 Å². The van der Waals surface area contributed by atoms with Crippen molar-refractivity contribution in [1.29, 1.82) is 0 Å². The predicted molar refractivity (Wildman–Crippen MR) is 123 cm³/mol. The molecule has 1 heterocycles. The second-order valence-electron chi connectivity index (χ2n) is 7.81. The Morgan fingerprint density at radius 2 is 1.96 bits per heavy atom. The molecular formula is C19H30BrF2N3OS2. The van der Waals surface area contributed by atoms with Crippen LogP contribution in [-0.2, 0) is 17.3 Å². The van der Waals surface area contributed by atoms with Crippen LogP contribution in [-0.4, -0.2) is 29.1 Å². The fraction of sp³-hybridized carbons (Fsp3) is 0.579. The third-order valence-electron chi connectivity index (χ3n) is 3.88. The van der Waals surface area contributed by atoms with Crippen molar-refractivity contribution in [2.24, 2.45) is 5.41 Å². The van der Waals surface area contributed by atoms with Gasteiger partial charge >= 0.3 is 0 Å². The van der Waals surface area contributed by atoms with Gasteiger partial charge in [-0.2, -0.15) is 17.9 Å². The molecule has 0 amide bonds. The molecule has 0 atom stereocenters. The molecule has 1 N–H and O–H groups in total. The van der Waals surface area contributed by atoms with Gasteiger partial charge in [0.05, 0.1) is 18.3 Å². The van der Waals surface area contributed by atoms with Crippen LogP contribution in [0.5, 0.6) is 0 Å². The third kappa shape index (κ3) is 8.59. The van der Waals surface area contributed by atoms with Gasteiger partial charge in [0.25, 0.3) is 0 Å². The number of alkyl halides is 2. The van der Waals surface area contributed by atoms with Gasteiger partial charge in [0.2, 0.25) is 6.93 Å². The number of fused-ring (bicyclic) bond motifs is 1. The molecule has 1 aromatic heterocycles. The number of aromatic nitrogens is 1. The minimum absolute atomic E-state index is 0. The first-order valence-electron chi connectivity index (χ1n) is 8.93. The van der Waals surface area contributed by atoms with E-state index in [0.29, 0.717) is 6.10 Å². The molecule has 1 aliphatic rings. The van der Waals surface area contributed by atoms with Gasteiger partial charge in [-0.15, -0.1) is 0 Å². The molecule has 2 aromatic rings. The molecular weight excluding hydrogens is 468 g/mol. The van der Waals surface area contributed by atoms with Crippen molar-refractivity contribution in [3.63, 3.8) is 0 Å². The van der Waals surface area contributed by atoms with Crippen LogP contribution in [0.15, 0.2) is 28.9 Å². The van der Waals surface area contributed by atoms with E-state index >= 15 is 0 Å². The summed E-state index contributed by atoms with van der Waals surface area (Å²) < 4.78 is 30.3. The average molecular weight is 499 g/mol. The van der Waals surface area contributed by atoms with Crippen LogP contribution >= 0.6 is 41.7 Å². The molecule has 28 heavy (non-hydrogen) atoms. The van der Waals surface area contributed by atoms with Crippen LogP contribution in [0.3, 0.4) is 0 Å². The van der Waals surface area contributed by atoms with Gasteiger partial charge in [-0.3, -0.25) is 4.18 Å². The van der Waals surface area contributed by atoms with E-state index in [2.05, 4.69) is 71.1 Å². The van der Waals surface area contributed by atoms with Crippen molar-refractivity contribution in [2.45, 2.75) is 52.8 Å². The van der Waals surface area contributed by atoms with Crippen LogP contribution in [0, 0.1) is 5.41 Å². The Kier molecular flexibility index (Phi) is 10.8. The summed E-state index contributed by atoms with van der Waals surface area (Å²) >= 11 is 5.00. The molecule has 1 aliphatic carbocycles. The fourth-order valence-corrected chi connectivity index (χ4v) is 3.55. The molecule has 4 nitrogen and oxygen atoms in total. The van der Waals surface area contributed by atoms with Crippen LogP contribution in [0.2, 0.25) is 0 Å². The Bertz CT molecular complexity index is 736. The normalized spacial score (nSPS) is 14.0. The summed E-state index contributed by atoms with van der Waals surface area (Å²) in [6.45, 7) is 6.85. The molecule has 3 rings (SSSR count). The third-order valence-corrected chi connectivity index (χ3v) is 5.08. The number of rotatable bonds is 7. The average Bonchev–Trinajstić information content (AvgIpc) is 3.34. The van der Waals surface area contributed by atoms with Crippen LogP contribution in [0.25, 0.3) is 10.9 Å². The van der Waals surface area contributed by atoms with E-state index in [9.17, 15) is 8.78 Å². The second kappa shape index (κ2) is 11.8. The number of benzene rings is 1. The molecule has 0 bridgehead atoms. The summed E-state index contributed by atoms with van der Waals surface area (Å²) in [6, 6.07) is 6.52. The van der Waals surface area contributed by atoms with Gasteiger partial charge < -0.3 is 4.57 Å². The van der Waals surface area contributed by atoms with Crippen molar-refractivity contribution in [1.82, 2.24) is 14.4 Å². The summed E-state index contributed by atoms with van der Waals surface area (Å²) in [5.74, 6) is 0. The summed E-state index contributed by atoms with van der Waals surface area (Å²) in [7, 11) is 2.00. The Hall–Kier alpha value is -0.320. The number of hydrazine groups is 1. The van der Waals surface area contributed by atoms with Gasteiger partial charge in [-0.25, -0.2) is 14.2 Å². The van der Waals surface area contributed by atoms with Crippen LogP contribution in [0.1, 0.15) is 39.2 Å². The van der Waals surface area contributed by atoms with Gasteiger partial charge in [-0.1, -0.05) is 42.8 Å². The zero-order chi connectivity index (χ0) is 20.0. The molecule has 0 saturated heterocycles. The molecule has 0 unspecified atom stereocenters. The monoisotopic (exact) mass is 497 g/mol. The highest BCUT2D eigenvalue weighted by Crippen LogP contribution is 2.30. The predicted octanol–water partition coefficient (Wildman–Crippen LogP) is 6.12. The smallest absolute Gasteiger partial charge is 0.229 e. The molecule has 1 aromatic carbocycles. The maximum absolute atomic E-state index is 9.62. The lowest BCUT2D eigenvalue weighted by Crippen LogP contribution is -2.28. The molecule has 160 valence electrons. The Morgan fingerprint density at radius 1 is 1.32 bits per heavy atom. The Labute approximate surface area is 186 Å². The highest BCUT2D eigenvalue weighted by atomic mass is 79.9. The first-order valence-corrected chi connectivity index (χ1v) is 10.4. The SMILES string of the molecule is CN(NCc1cn(CC(C)(C)C)c2cc(Br)ccc12)SOC1CC1.FCF.S. The first-order chi connectivity index (χ1) is 12.7. The first kappa shape index (κ1) is 25.7. The standard InChI is InChI=1S/C18H26BrN3OS.CH2F2.H2S/c1-18(2,3)12-22-11-13(16-8-5-14(19)9-17(16)22)10-20-21(4)24-23-15-6-7-15;2-1-3;/h5,8-9,11,15,20H,6-7,10,12H2,1-4H3;1H2;1H2. The molecule has 1 fully saturated rings. The van der Waals surface area contributed by atoms with E-state index in [0.717, 1.165) is 17.6 Å². The summed E-state index contributed by atoms with van der Waals surface area (Å²) in [4.78, 5) is 0. The summed E-state index contributed by atoms with van der Waals surface area (Å²) in [6.07, 6.45) is 5.10. The molecule has 0 spiro atoms. The van der Waals surface area contributed by atoms with E-state index in [-0.39, 0.29) is 18.9 Å². The molecule has 1 saturated carbocycles. The van der Waals surface area contributed by atoms with Crippen LogP contribution < -0.4 is 5.43 Å². The maximum Gasteiger partial charge on any atom is 0.229 e. The quantitative estimate of drug-likeness (QED) is 0.283. The van der Waals surface area contributed by atoms with Gasteiger partial charge in [-0.05, 0) is 36.0 Å². The van der Waals surface area contributed by atoms with E-state index in [4.69, 9.17) is 4.18 Å². The van der Waals surface area contributed by atoms with Crippen molar-refractivity contribution >= 4 is 52.6 Å².